The molecule has 1 aromatic rings. The molecule has 12 N–H and O–H groups in total. The molecule has 0 radical (unpaired) electrons. The minimum Gasteiger partial charge on any atom is -0.370 e. The van der Waals surface area contributed by atoms with E-state index in [9.17, 15) is 0 Å². The highest BCUT2D eigenvalue weighted by atomic mass is 15.2. The van der Waals surface area contributed by atoms with Gasteiger partial charge in [0, 0.05) is 13.1 Å². The van der Waals surface area contributed by atoms with E-state index in [0.717, 1.165) is 25.8 Å². The molecule has 144 valence electrons. The molecule has 1 aromatic carbocycles. The number of hydrogen-bond acceptors (Lipinski definition) is 4. The van der Waals surface area contributed by atoms with Crippen molar-refractivity contribution in [1.82, 2.24) is 21.3 Å². The predicted octanol–water partition coefficient (Wildman–Crippen LogP) is 0.0305. The number of benzene rings is 1. The second-order valence-corrected chi connectivity index (χ2v) is 5.27. The van der Waals surface area contributed by atoms with Crippen LogP contribution in [-0.4, -0.2) is 36.9 Å². The maximum absolute atomic E-state index is 7.34. The zero-order chi connectivity index (χ0) is 19.8. The fraction of sp³-hybridized carbons (Fsp3) is 0.375. The van der Waals surface area contributed by atoms with Crippen molar-refractivity contribution in [1.29, 1.82) is 21.6 Å². The molecule has 0 aliphatic carbocycles. The average molecular weight is 362 g/mol. The van der Waals surface area contributed by atoms with Crippen LogP contribution in [0.3, 0.4) is 0 Å². The third-order valence-corrected chi connectivity index (χ3v) is 2.91. The van der Waals surface area contributed by atoms with Crippen LogP contribution in [0.2, 0.25) is 0 Å². The van der Waals surface area contributed by atoms with E-state index in [1.165, 1.54) is 5.56 Å². The summed E-state index contributed by atoms with van der Waals surface area (Å²) in [5, 5.41) is 38.5. The summed E-state index contributed by atoms with van der Waals surface area (Å²) in [6, 6.07) is 9.99. The third-order valence-electron chi connectivity index (χ3n) is 2.91. The number of nitrogens with two attached hydrogens (primary N) is 2. The lowest BCUT2D eigenvalue weighted by Crippen LogP contribution is -2.43. The van der Waals surface area contributed by atoms with Gasteiger partial charge in [-0.3, -0.25) is 32.3 Å². The summed E-state index contributed by atoms with van der Waals surface area (Å²) < 4.78 is 0. The Bertz CT molecular complexity index is 570. The molecule has 0 spiro atoms. The van der Waals surface area contributed by atoms with Crippen molar-refractivity contribution < 1.29 is 0 Å². The van der Waals surface area contributed by atoms with Crippen LogP contribution in [0, 0.1) is 21.6 Å². The molecule has 0 aromatic heterocycles. The summed E-state index contributed by atoms with van der Waals surface area (Å²) >= 11 is 0. The highest BCUT2D eigenvalue weighted by Gasteiger charge is 1.96. The molecule has 10 nitrogen and oxygen atoms in total. The molecule has 0 aliphatic heterocycles. The van der Waals surface area contributed by atoms with Gasteiger partial charge in [-0.15, -0.1) is 0 Å². The van der Waals surface area contributed by atoms with Crippen molar-refractivity contribution in [3.05, 3.63) is 35.9 Å². The van der Waals surface area contributed by atoms with E-state index < -0.39 is 0 Å². The first-order chi connectivity index (χ1) is 12.3. The van der Waals surface area contributed by atoms with E-state index in [4.69, 9.17) is 33.1 Å². The smallest absolute Gasteiger partial charge is 0.195 e. The Hall–Kier alpha value is -3.30. The Morgan fingerprint density at radius 3 is 1.81 bits per heavy atom. The van der Waals surface area contributed by atoms with Gasteiger partial charge >= 0.3 is 0 Å². The first-order valence-electron chi connectivity index (χ1n) is 8.26. The highest BCUT2D eigenvalue weighted by Crippen LogP contribution is 1.97. The topological polar surface area (TPSA) is 196 Å². The van der Waals surface area contributed by atoms with Crippen LogP contribution in [0.1, 0.15) is 25.3 Å². The van der Waals surface area contributed by atoms with Crippen LogP contribution in [-0.2, 0) is 6.42 Å². The number of hydrogen-bond donors (Lipinski definition) is 10. The van der Waals surface area contributed by atoms with E-state index in [0.29, 0.717) is 6.54 Å². The Balaban J connectivity index is 0.000000508. The zero-order valence-corrected chi connectivity index (χ0v) is 15.1. The first-order valence-corrected chi connectivity index (χ1v) is 8.26. The Labute approximate surface area is 154 Å². The molecular formula is C16H30N10. The minimum atomic E-state index is -0.229. The quantitative estimate of drug-likeness (QED) is 0.192. The van der Waals surface area contributed by atoms with Gasteiger partial charge in [-0.25, -0.2) is 0 Å². The van der Waals surface area contributed by atoms with Gasteiger partial charge in [-0.1, -0.05) is 43.7 Å². The summed E-state index contributed by atoms with van der Waals surface area (Å²) in [6.45, 7) is 3.46. The zero-order valence-electron chi connectivity index (χ0n) is 15.1. The molecule has 0 atom stereocenters. The molecule has 0 bridgehead atoms. The third kappa shape index (κ3) is 14.3. The van der Waals surface area contributed by atoms with Crippen LogP contribution in [0.4, 0.5) is 0 Å². The molecule has 0 unspecified atom stereocenters. The number of guanidine groups is 4. The summed E-state index contributed by atoms with van der Waals surface area (Å²) in [7, 11) is 0. The highest BCUT2D eigenvalue weighted by molar-refractivity contribution is 5.95. The number of rotatable bonds is 6. The predicted molar refractivity (Wildman–Crippen MR) is 107 cm³/mol. The summed E-state index contributed by atoms with van der Waals surface area (Å²) in [5.74, 6) is -0.296. The SMILES string of the molecule is CCCCNC(=N)NC(=N)N.N=C(N)NC(=N)NCCc1ccccc1. The van der Waals surface area contributed by atoms with E-state index in [2.05, 4.69) is 28.2 Å². The monoisotopic (exact) mass is 362 g/mol. The van der Waals surface area contributed by atoms with E-state index in [1.807, 2.05) is 30.3 Å². The van der Waals surface area contributed by atoms with E-state index in [1.54, 1.807) is 0 Å². The van der Waals surface area contributed by atoms with E-state index in [-0.39, 0.29) is 23.8 Å². The van der Waals surface area contributed by atoms with Gasteiger partial charge in [0.05, 0.1) is 0 Å². The van der Waals surface area contributed by atoms with E-state index >= 15 is 0 Å². The molecule has 0 saturated carbocycles. The summed E-state index contributed by atoms with van der Waals surface area (Å²) in [5.41, 5.74) is 11.3. The fourth-order valence-electron chi connectivity index (χ4n) is 1.72. The van der Waals surface area contributed by atoms with Gasteiger partial charge in [-0.05, 0) is 18.4 Å². The molecular weight excluding hydrogens is 332 g/mol. The maximum Gasteiger partial charge on any atom is 0.195 e. The van der Waals surface area contributed by atoms with Crippen LogP contribution in [0.5, 0.6) is 0 Å². The largest absolute Gasteiger partial charge is 0.370 e. The maximum atomic E-state index is 7.34. The van der Waals surface area contributed by atoms with Crippen molar-refractivity contribution >= 4 is 23.8 Å². The first kappa shape index (κ1) is 22.7. The lowest BCUT2D eigenvalue weighted by Gasteiger charge is -2.08. The number of nitrogens with one attached hydrogen (secondary N) is 8. The van der Waals surface area contributed by atoms with Crippen LogP contribution in [0.15, 0.2) is 30.3 Å². The Morgan fingerprint density at radius 1 is 0.846 bits per heavy atom. The van der Waals surface area contributed by atoms with Gasteiger partial charge in [0.1, 0.15) is 0 Å². The lowest BCUT2D eigenvalue weighted by atomic mass is 10.1. The van der Waals surface area contributed by atoms with Crippen molar-refractivity contribution in [3.8, 4) is 0 Å². The lowest BCUT2D eigenvalue weighted by molar-refractivity contribution is 0.744. The molecule has 1 rings (SSSR count). The minimum absolute atomic E-state index is 0.0541. The average Bonchev–Trinajstić information content (AvgIpc) is 2.55. The van der Waals surface area contributed by atoms with Crippen LogP contribution < -0.4 is 32.7 Å². The van der Waals surface area contributed by atoms with Gasteiger partial charge < -0.3 is 22.1 Å². The van der Waals surface area contributed by atoms with Crippen molar-refractivity contribution in [3.63, 3.8) is 0 Å². The molecule has 10 heteroatoms. The number of unbranched alkanes of at least 4 members (excludes halogenated alkanes) is 1. The second-order valence-electron chi connectivity index (χ2n) is 5.27. The van der Waals surface area contributed by atoms with Gasteiger partial charge in [0.2, 0.25) is 0 Å². The Morgan fingerprint density at radius 2 is 1.35 bits per heavy atom. The fourth-order valence-corrected chi connectivity index (χ4v) is 1.72. The Kier molecular flexibility index (Phi) is 12.3. The standard InChI is InChI=1S/C10H15N5.C6H15N5/c11-9(12)15-10(13)14-7-6-8-4-2-1-3-5-8;1-2-3-4-10-6(9)11-5(7)8/h1-5H,6-7H2,(H6,11,12,13,14,15);2-4H2,1H3,(H6,7,8,9,10,11). The van der Waals surface area contributed by atoms with Gasteiger partial charge in [0.15, 0.2) is 23.8 Å². The molecule has 0 heterocycles. The molecule has 0 fully saturated rings. The van der Waals surface area contributed by atoms with Gasteiger partial charge in [0.25, 0.3) is 0 Å². The normalized spacial score (nSPS) is 9.12. The molecule has 26 heavy (non-hydrogen) atoms. The van der Waals surface area contributed by atoms with Crippen molar-refractivity contribution in [2.24, 2.45) is 11.5 Å². The van der Waals surface area contributed by atoms with Gasteiger partial charge in [-0.2, -0.15) is 0 Å². The molecule has 0 amide bonds. The summed E-state index contributed by atoms with van der Waals surface area (Å²) in [4.78, 5) is 0. The molecule has 0 aliphatic rings. The summed E-state index contributed by atoms with van der Waals surface area (Å²) in [6.07, 6.45) is 2.94. The van der Waals surface area contributed by atoms with Crippen molar-refractivity contribution in [2.45, 2.75) is 26.2 Å². The second kappa shape index (κ2) is 14.1. The van der Waals surface area contributed by atoms with Crippen molar-refractivity contribution in [2.75, 3.05) is 13.1 Å². The van der Waals surface area contributed by atoms with Crippen LogP contribution in [0.25, 0.3) is 0 Å². The van der Waals surface area contributed by atoms with Crippen LogP contribution >= 0.6 is 0 Å². The molecule has 0 saturated heterocycles.